The molecule has 0 atom stereocenters. The third-order valence-corrected chi connectivity index (χ3v) is 8.18. The zero-order chi connectivity index (χ0) is 26.6. The highest BCUT2D eigenvalue weighted by atomic mass is 35.5. The first-order chi connectivity index (χ1) is 17.6. The number of hydrogen-bond donors (Lipinski definition) is 3. The van der Waals surface area contributed by atoms with Gasteiger partial charge in [-0.3, -0.25) is 14.3 Å². The lowest BCUT2D eigenvalue weighted by atomic mass is 9.95. The molecule has 3 aromatic carbocycles. The molecule has 37 heavy (non-hydrogen) atoms. The smallest absolute Gasteiger partial charge is 0.263 e. The van der Waals surface area contributed by atoms with Gasteiger partial charge in [0.1, 0.15) is 4.90 Å². The number of para-hydroxylation sites is 1. The van der Waals surface area contributed by atoms with Crippen molar-refractivity contribution in [2.75, 3.05) is 10.0 Å². The van der Waals surface area contributed by atoms with Gasteiger partial charge < -0.3 is 10.6 Å². The summed E-state index contributed by atoms with van der Waals surface area (Å²) < 4.78 is 28.8. The maximum Gasteiger partial charge on any atom is 0.263 e. The molecule has 3 N–H and O–H groups in total. The van der Waals surface area contributed by atoms with Gasteiger partial charge in [0.25, 0.3) is 21.8 Å². The number of nitrogens with one attached hydrogen (secondary N) is 3. The van der Waals surface area contributed by atoms with Crippen LogP contribution in [-0.4, -0.2) is 26.3 Å². The van der Waals surface area contributed by atoms with Crippen molar-refractivity contribution in [2.24, 2.45) is 0 Å². The molecule has 4 rings (SSSR count). The molecule has 9 heteroatoms. The second-order valence-electron chi connectivity index (χ2n) is 9.44. The van der Waals surface area contributed by atoms with Gasteiger partial charge in [-0.15, -0.1) is 0 Å². The van der Waals surface area contributed by atoms with Crippen molar-refractivity contribution < 1.29 is 18.0 Å². The van der Waals surface area contributed by atoms with E-state index in [1.165, 1.54) is 24.6 Å². The van der Waals surface area contributed by atoms with Crippen LogP contribution in [0, 0.1) is 13.8 Å². The summed E-state index contributed by atoms with van der Waals surface area (Å²) in [6.45, 7) is 3.74. The second-order valence-corrected chi connectivity index (χ2v) is 11.5. The molecule has 0 aliphatic heterocycles. The Balaban J connectivity index is 1.55. The van der Waals surface area contributed by atoms with Crippen molar-refractivity contribution >= 4 is 44.8 Å². The highest BCUT2D eigenvalue weighted by Crippen LogP contribution is 2.27. The normalized spacial score (nSPS) is 14.1. The fourth-order valence-electron chi connectivity index (χ4n) is 4.59. The molecule has 0 radical (unpaired) electrons. The van der Waals surface area contributed by atoms with Crippen molar-refractivity contribution in [1.82, 2.24) is 5.32 Å². The molecule has 0 saturated heterocycles. The molecule has 7 nitrogen and oxygen atoms in total. The molecule has 3 aromatic rings. The highest BCUT2D eigenvalue weighted by molar-refractivity contribution is 7.92. The Morgan fingerprint density at radius 1 is 0.865 bits per heavy atom. The van der Waals surface area contributed by atoms with Gasteiger partial charge in [-0.25, -0.2) is 8.42 Å². The van der Waals surface area contributed by atoms with Crippen LogP contribution in [0.25, 0.3) is 0 Å². The predicted molar refractivity (Wildman–Crippen MR) is 147 cm³/mol. The van der Waals surface area contributed by atoms with E-state index in [-0.39, 0.29) is 27.4 Å². The number of anilines is 2. The first-order valence-electron chi connectivity index (χ1n) is 12.2. The van der Waals surface area contributed by atoms with Crippen molar-refractivity contribution in [2.45, 2.75) is 56.9 Å². The van der Waals surface area contributed by atoms with Crippen molar-refractivity contribution in [1.29, 1.82) is 0 Å². The van der Waals surface area contributed by atoms with Gasteiger partial charge in [-0.05, 0) is 80.3 Å². The lowest BCUT2D eigenvalue weighted by molar-refractivity contribution is 0.0928. The second kappa shape index (κ2) is 11.4. The molecule has 0 aromatic heterocycles. The number of halogens is 1. The molecule has 1 saturated carbocycles. The summed E-state index contributed by atoms with van der Waals surface area (Å²) in [5.41, 5.74) is 2.99. The topological polar surface area (TPSA) is 104 Å². The molecular weight excluding hydrogens is 510 g/mol. The number of aryl methyl sites for hydroxylation is 2. The molecule has 1 aliphatic rings. The SMILES string of the molecule is Cc1cc(C)cc(NS(=O)(=O)c2cc(C(=O)Nc3ccccc3C(=O)NC3CCCCC3)ccc2Cl)c1. The minimum Gasteiger partial charge on any atom is -0.349 e. The van der Waals surface area contributed by atoms with Crippen LogP contribution in [0.1, 0.15) is 63.9 Å². The average molecular weight is 540 g/mol. The maximum atomic E-state index is 13.1. The monoisotopic (exact) mass is 539 g/mol. The maximum absolute atomic E-state index is 13.1. The molecular formula is C28H30ClN3O4S. The van der Waals surface area contributed by atoms with E-state index >= 15 is 0 Å². The van der Waals surface area contributed by atoms with Crippen LogP contribution < -0.4 is 15.4 Å². The van der Waals surface area contributed by atoms with Gasteiger partial charge in [-0.2, -0.15) is 0 Å². The molecule has 1 aliphatic carbocycles. The quantitative estimate of drug-likeness (QED) is 0.339. The van der Waals surface area contributed by atoms with E-state index in [1.807, 2.05) is 19.9 Å². The number of carbonyl (C=O) groups is 2. The Morgan fingerprint density at radius 3 is 2.24 bits per heavy atom. The summed E-state index contributed by atoms with van der Waals surface area (Å²) in [4.78, 5) is 25.8. The number of amides is 2. The Morgan fingerprint density at radius 2 is 1.54 bits per heavy atom. The Bertz CT molecular complexity index is 1410. The van der Waals surface area contributed by atoms with E-state index in [0.29, 0.717) is 16.9 Å². The molecule has 194 valence electrons. The van der Waals surface area contributed by atoms with Crippen LogP contribution in [-0.2, 0) is 10.0 Å². The molecule has 0 bridgehead atoms. The Labute approximate surface area is 222 Å². The summed E-state index contributed by atoms with van der Waals surface area (Å²) in [6, 6.07) is 16.3. The Hall–Kier alpha value is -3.36. The van der Waals surface area contributed by atoms with Crippen LogP contribution >= 0.6 is 11.6 Å². The minimum absolute atomic E-state index is 0.0133. The average Bonchev–Trinajstić information content (AvgIpc) is 2.84. The van der Waals surface area contributed by atoms with Crippen LogP contribution in [0.2, 0.25) is 5.02 Å². The zero-order valence-electron chi connectivity index (χ0n) is 20.8. The number of sulfonamides is 1. The number of carbonyl (C=O) groups excluding carboxylic acids is 2. The van der Waals surface area contributed by atoms with Crippen molar-refractivity contribution in [3.05, 3.63) is 87.9 Å². The van der Waals surface area contributed by atoms with Gasteiger partial charge in [0.2, 0.25) is 0 Å². The van der Waals surface area contributed by atoms with E-state index in [2.05, 4.69) is 15.4 Å². The molecule has 0 unspecified atom stereocenters. The lowest BCUT2D eigenvalue weighted by Gasteiger charge is -2.23. The van der Waals surface area contributed by atoms with Crippen LogP contribution in [0.5, 0.6) is 0 Å². The van der Waals surface area contributed by atoms with Gasteiger partial charge in [0.15, 0.2) is 0 Å². The first-order valence-corrected chi connectivity index (χ1v) is 14.1. The van der Waals surface area contributed by atoms with Gasteiger partial charge in [-0.1, -0.05) is 49.1 Å². The number of benzene rings is 3. The number of hydrogen-bond acceptors (Lipinski definition) is 4. The summed E-state index contributed by atoms with van der Waals surface area (Å²) in [6.07, 6.45) is 5.24. The summed E-state index contributed by atoms with van der Waals surface area (Å²) in [5.74, 6) is -0.808. The van der Waals surface area contributed by atoms with Gasteiger partial charge in [0.05, 0.1) is 16.3 Å². The molecule has 0 spiro atoms. The lowest BCUT2D eigenvalue weighted by Crippen LogP contribution is -2.36. The summed E-state index contributed by atoms with van der Waals surface area (Å²) >= 11 is 6.23. The van der Waals surface area contributed by atoms with Crippen LogP contribution in [0.4, 0.5) is 11.4 Å². The van der Waals surface area contributed by atoms with Crippen LogP contribution in [0.15, 0.2) is 65.6 Å². The third-order valence-electron chi connectivity index (χ3n) is 6.32. The van der Waals surface area contributed by atoms with E-state index in [9.17, 15) is 18.0 Å². The standard InChI is InChI=1S/C28H30ClN3O4S/c1-18-14-19(2)16-22(15-18)32-37(35,36)26-17-20(12-13-24(26)29)27(33)31-25-11-7-6-10-23(25)28(34)30-21-8-4-3-5-9-21/h6-7,10-17,21,32H,3-5,8-9H2,1-2H3,(H,30,34)(H,31,33). The summed E-state index contributed by atoms with van der Waals surface area (Å²) in [7, 11) is -4.07. The number of rotatable bonds is 7. The fraction of sp³-hybridized carbons (Fsp3) is 0.286. The van der Waals surface area contributed by atoms with E-state index in [4.69, 9.17) is 11.6 Å². The van der Waals surface area contributed by atoms with E-state index in [1.54, 1.807) is 36.4 Å². The van der Waals surface area contributed by atoms with Gasteiger partial charge in [0, 0.05) is 17.3 Å². The first kappa shape index (κ1) is 26.7. The molecule has 1 fully saturated rings. The largest absolute Gasteiger partial charge is 0.349 e. The van der Waals surface area contributed by atoms with Crippen molar-refractivity contribution in [3.8, 4) is 0 Å². The molecule has 0 heterocycles. The molecule has 2 amide bonds. The predicted octanol–water partition coefficient (Wildman–Crippen LogP) is 6.07. The highest BCUT2D eigenvalue weighted by Gasteiger charge is 2.23. The fourth-order valence-corrected chi connectivity index (χ4v) is 6.16. The minimum atomic E-state index is -4.07. The van der Waals surface area contributed by atoms with E-state index < -0.39 is 15.9 Å². The van der Waals surface area contributed by atoms with E-state index in [0.717, 1.165) is 36.8 Å². The van der Waals surface area contributed by atoms with Gasteiger partial charge >= 0.3 is 0 Å². The Kier molecular flexibility index (Phi) is 8.19. The van der Waals surface area contributed by atoms with Crippen LogP contribution in [0.3, 0.4) is 0 Å². The summed E-state index contributed by atoms with van der Waals surface area (Å²) in [5, 5.41) is 5.80. The zero-order valence-corrected chi connectivity index (χ0v) is 22.4. The van der Waals surface area contributed by atoms with Crippen molar-refractivity contribution in [3.63, 3.8) is 0 Å². The third kappa shape index (κ3) is 6.70.